The summed E-state index contributed by atoms with van der Waals surface area (Å²) in [5.74, 6) is 0.280. The number of aryl methyl sites for hydroxylation is 1. The normalized spacial score (nSPS) is 18.5. The Labute approximate surface area is 77.1 Å². The Morgan fingerprint density at radius 1 is 1.15 bits per heavy atom. The summed E-state index contributed by atoms with van der Waals surface area (Å²) in [6, 6.07) is 6.10. The molecule has 0 amide bonds. The van der Waals surface area contributed by atoms with Gasteiger partial charge in [-0.2, -0.15) is 0 Å². The van der Waals surface area contributed by atoms with E-state index in [2.05, 4.69) is 12.1 Å². The van der Waals surface area contributed by atoms with Gasteiger partial charge in [-0.1, -0.05) is 24.3 Å². The van der Waals surface area contributed by atoms with Gasteiger partial charge in [-0.25, -0.2) is 0 Å². The fraction of sp³-hybridized carbons (Fsp3) is 0.250. The molecule has 2 aliphatic carbocycles. The summed E-state index contributed by atoms with van der Waals surface area (Å²) in [6.45, 7) is 0. The Hall–Kier alpha value is -1.37. The molecule has 2 aliphatic rings. The topological polar surface area (TPSA) is 17.1 Å². The lowest BCUT2D eigenvalue weighted by Gasteiger charge is -2.12. The molecule has 0 unspecified atom stereocenters. The third-order valence-corrected chi connectivity index (χ3v) is 2.97. The second-order valence-corrected chi connectivity index (χ2v) is 3.70. The number of carbonyl (C=O) groups excluding carboxylic acids is 1. The van der Waals surface area contributed by atoms with Crippen LogP contribution in [0, 0.1) is 0 Å². The monoisotopic (exact) mass is 170 g/mol. The van der Waals surface area contributed by atoms with Crippen molar-refractivity contribution in [2.24, 2.45) is 0 Å². The standard InChI is InChI=1S/C12H10O/c13-11-7-6-9-5-4-8-2-1-3-10(11)12(8)9/h1-3,6H,4-5,7H2. The van der Waals surface area contributed by atoms with Crippen LogP contribution in [0.25, 0.3) is 5.57 Å². The van der Waals surface area contributed by atoms with Gasteiger partial charge in [0.05, 0.1) is 0 Å². The molecule has 1 aromatic rings. The molecule has 0 bridgehead atoms. The number of hydrogen-bond acceptors (Lipinski definition) is 1. The maximum absolute atomic E-state index is 11.6. The van der Waals surface area contributed by atoms with Crippen LogP contribution in [0.5, 0.6) is 0 Å². The van der Waals surface area contributed by atoms with Crippen molar-refractivity contribution in [3.63, 3.8) is 0 Å². The molecule has 0 N–H and O–H groups in total. The largest absolute Gasteiger partial charge is 0.294 e. The lowest BCUT2D eigenvalue weighted by Crippen LogP contribution is -2.06. The zero-order chi connectivity index (χ0) is 8.84. The summed E-state index contributed by atoms with van der Waals surface area (Å²) in [5, 5.41) is 0. The van der Waals surface area contributed by atoms with Gasteiger partial charge in [0.1, 0.15) is 0 Å². The zero-order valence-corrected chi connectivity index (χ0v) is 7.34. The van der Waals surface area contributed by atoms with Crippen LogP contribution in [0.15, 0.2) is 24.3 Å². The van der Waals surface area contributed by atoms with Crippen LogP contribution < -0.4 is 0 Å². The molecular formula is C12H10O. The van der Waals surface area contributed by atoms with Gasteiger partial charge < -0.3 is 0 Å². The van der Waals surface area contributed by atoms with Crippen LogP contribution in [0.1, 0.15) is 34.3 Å². The van der Waals surface area contributed by atoms with Crippen LogP contribution in [0.2, 0.25) is 0 Å². The van der Waals surface area contributed by atoms with E-state index >= 15 is 0 Å². The highest BCUT2D eigenvalue weighted by atomic mass is 16.1. The van der Waals surface area contributed by atoms with Gasteiger partial charge in [0.25, 0.3) is 0 Å². The van der Waals surface area contributed by atoms with E-state index < -0.39 is 0 Å². The first-order valence-electron chi connectivity index (χ1n) is 4.71. The van der Waals surface area contributed by atoms with Crippen LogP contribution in [-0.2, 0) is 6.42 Å². The lowest BCUT2D eigenvalue weighted by molar-refractivity contribution is 0.0994. The van der Waals surface area contributed by atoms with Crippen LogP contribution >= 0.6 is 0 Å². The highest BCUT2D eigenvalue weighted by Gasteiger charge is 2.25. The molecule has 1 aromatic carbocycles. The van der Waals surface area contributed by atoms with Gasteiger partial charge in [-0.15, -0.1) is 0 Å². The second kappa shape index (κ2) is 2.32. The predicted octanol–water partition coefficient (Wildman–Crippen LogP) is 2.60. The third kappa shape index (κ3) is 0.844. The SMILES string of the molecule is O=C1CC=C2CCc3cccc1c32. The van der Waals surface area contributed by atoms with Crippen LogP contribution in [0.4, 0.5) is 0 Å². The Bertz CT molecular complexity index is 427. The number of Topliss-reactive ketones (excluding diaryl/α,β-unsaturated/α-hetero) is 1. The molecule has 0 radical (unpaired) electrons. The number of carbonyl (C=O) groups is 1. The van der Waals surface area contributed by atoms with E-state index in [-0.39, 0.29) is 5.78 Å². The van der Waals surface area contributed by atoms with Gasteiger partial charge in [-0.05, 0) is 29.5 Å². The molecule has 3 rings (SSSR count). The summed E-state index contributed by atoms with van der Waals surface area (Å²) >= 11 is 0. The Kier molecular flexibility index (Phi) is 1.26. The van der Waals surface area contributed by atoms with E-state index in [1.165, 1.54) is 16.7 Å². The van der Waals surface area contributed by atoms with Crippen molar-refractivity contribution in [1.29, 1.82) is 0 Å². The molecule has 0 atom stereocenters. The van der Waals surface area contributed by atoms with E-state index in [0.717, 1.165) is 18.4 Å². The lowest BCUT2D eigenvalue weighted by atomic mass is 9.91. The summed E-state index contributed by atoms with van der Waals surface area (Å²) in [6.07, 6.45) is 4.94. The molecule has 0 saturated heterocycles. The minimum Gasteiger partial charge on any atom is -0.294 e. The number of hydrogen-bond donors (Lipinski definition) is 0. The molecular weight excluding hydrogens is 160 g/mol. The Morgan fingerprint density at radius 2 is 2.08 bits per heavy atom. The first-order valence-corrected chi connectivity index (χ1v) is 4.71. The quantitative estimate of drug-likeness (QED) is 0.585. The first-order chi connectivity index (χ1) is 6.36. The molecule has 0 spiro atoms. The van der Waals surface area contributed by atoms with Crippen molar-refractivity contribution in [3.05, 3.63) is 41.0 Å². The van der Waals surface area contributed by atoms with Gasteiger partial charge in [0, 0.05) is 12.0 Å². The summed E-state index contributed by atoms with van der Waals surface area (Å²) < 4.78 is 0. The Morgan fingerprint density at radius 3 is 3.00 bits per heavy atom. The molecule has 13 heavy (non-hydrogen) atoms. The molecule has 1 heteroatoms. The summed E-state index contributed by atoms with van der Waals surface area (Å²) in [4.78, 5) is 11.6. The first kappa shape index (κ1) is 7.07. The van der Waals surface area contributed by atoms with Gasteiger partial charge in [0.2, 0.25) is 0 Å². The van der Waals surface area contributed by atoms with Gasteiger partial charge >= 0.3 is 0 Å². The van der Waals surface area contributed by atoms with Crippen molar-refractivity contribution in [3.8, 4) is 0 Å². The fourth-order valence-electron chi connectivity index (χ4n) is 2.34. The van der Waals surface area contributed by atoms with Gasteiger partial charge in [0.15, 0.2) is 5.78 Å². The minimum atomic E-state index is 0.280. The van der Waals surface area contributed by atoms with E-state index in [1.807, 2.05) is 12.1 Å². The summed E-state index contributed by atoms with van der Waals surface area (Å²) in [5.41, 5.74) is 4.95. The van der Waals surface area contributed by atoms with Gasteiger partial charge in [-0.3, -0.25) is 4.79 Å². The number of ketones is 1. The van der Waals surface area contributed by atoms with E-state index in [9.17, 15) is 4.79 Å². The smallest absolute Gasteiger partial charge is 0.167 e. The average Bonchev–Trinajstić information content (AvgIpc) is 2.57. The van der Waals surface area contributed by atoms with Crippen molar-refractivity contribution in [2.75, 3.05) is 0 Å². The predicted molar refractivity (Wildman–Crippen MR) is 51.7 cm³/mol. The highest BCUT2D eigenvalue weighted by molar-refractivity contribution is 6.05. The maximum Gasteiger partial charge on any atom is 0.167 e. The molecule has 64 valence electrons. The molecule has 1 nitrogen and oxygen atoms in total. The van der Waals surface area contributed by atoms with Crippen molar-refractivity contribution in [2.45, 2.75) is 19.3 Å². The fourth-order valence-corrected chi connectivity index (χ4v) is 2.34. The maximum atomic E-state index is 11.6. The van der Waals surface area contributed by atoms with E-state index in [4.69, 9.17) is 0 Å². The zero-order valence-electron chi connectivity index (χ0n) is 7.34. The van der Waals surface area contributed by atoms with E-state index in [1.54, 1.807) is 0 Å². The van der Waals surface area contributed by atoms with Crippen LogP contribution in [0.3, 0.4) is 0 Å². The number of rotatable bonds is 0. The average molecular weight is 170 g/mol. The second-order valence-electron chi connectivity index (χ2n) is 3.70. The molecule has 0 saturated carbocycles. The van der Waals surface area contributed by atoms with E-state index in [0.29, 0.717) is 6.42 Å². The minimum absolute atomic E-state index is 0.280. The van der Waals surface area contributed by atoms with Crippen molar-refractivity contribution >= 4 is 11.4 Å². The summed E-state index contributed by atoms with van der Waals surface area (Å²) in [7, 11) is 0. The molecule has 0 fully saturated rings. The van der Waals surface area contributed by atoms with Crippen molar-refractivity contribution in [1.82, 2.24) is 0 Å². The highest BCUT2D eigenvalue weighted by Crippen LogP contribution is 2.38. The molecule has 0 heterocycles. The number of benzene rings is 1. The molecule has 0 aliphatic heterocycles. The Balaban J connectivity index is 2.37. The number of allylic oxidation sites excluding steroid dienone is 2. The van der Waals surface area contributed by atoms with Crippen LogP contribution in [-0.4, -0.2) is 5.78 Å². The third-order valence-electron chi connectivity index (χ3n) is 2.97. The molecule has 0 aromatic heterocycles. The van der Waals surface area contributed by atoms with Crippen molar-refractivity contribution < 1.29 is 4.79 Å².